The highest BCUT2D eigenvalue weighted by Gasteiger charge is 2.56. The number of fused-ring (bicyclic) bond motifs is 3. The number of ketones is 2. The van der Waals surface area contributed by atoms with Crippen molar-refractivity contribution in [3.05, 3.63) is 52.1 Å². The number of nitrogens with zero attached hydrogens (tertiary/aromatic N) is 1. The molecular formula is C25H23NO8. The summed E-state index contributed by atoms with van der Waals surface area (Å²) in [7, 11) is 2.77. The van der Waals surface area contributed by atoms with Crippen LogP contribution in [0.2, 0.25) is 0 Å². The SMILES string of the molecule is COc1cc([C@H]2C3=CC[C@@H]4C(=O)N(O)C(=O)[C@@H]4[C@@H]3CC3=C2C(=O)C(C)=CC3=O)cc(OC)c1O. The Balaban J connectivity index is 1.75. The molecule has 0 aromatic heterocycles. The van der Waals surface area contributed by atoms with Crippen molar-refractivity contribution in [3.63, 3.8) is 0 Å². The summed E-state index contributed by atoms with van der Waals surface area (Å²) >= 11 is 0. The Kier molecular flexibility index (Phi) is 4.98. The van der Waals surface area contributed by atoms with Crippen LogP contribution in [0.5, 0.6) is 17.2 Å². The predicted molar refractivity (Wildman–Crippen MR) is 116 cm³/mol. The van der Waals surface area contributed by atoms with Crippen molar-refractivity contribution >= 4 is 23.4 Å². The number of methoxy groups -OCH3 is 2. The van der Waals surface area contributed by atoms with Gasteiger partial charge in [-0.2, -0.15) is 5.06 Å². The van der Waals surface area contributed by atoms with Gasteiger partial charge in [0.25, 0.3) is 11.8 Å². The Bertz CT molecular complexity index is 1240. The quantitative estimate of drug-likeness (QED) is 0.301. The van der Waals surface area contributed by atoms with Crippen LogP contribution < -0.4 is 9.47 Å². The summed E-state index contributed by atoms with van der Waals surface area (Å²) in [5.74, 6) is -4.70. The summed E-state index contributed by atoms with van der Waals surface area (Å²) in [6.45, 7) is 1.58. The Morgan fingerprint density at radius 2 is 1.65 bits per heavy atom. The average molecular weight is 465 g/mol. The molecule has 1 aromatic carbocycles. The number of hydrogen-bond donors (Lipinski definition) is 2. The molecule has 3 aliphatic carbocycles. The largest absolute Gasteiger partial charge is 0.502 e. The van der Waals surface area contributed by atoms with E-state index in [9.17, 15) is 29.5 Å². The molecule has 2 amide bonds. The van der Waals surface area contributed by atoms with Crippen LogP contribution in [-0.2, 0) is 19.2 Å². The lowest BCUT2D eigenvalue weighted by Crippen LogP contribution is -2.39. The third-order valence-corrected chi connectivity index (χ3v) is 7.38. The molecular weight excluding hydrogens is 442 g/mol. The zero-order valence-electron chi connectivity index (χ0n) is 18.8. The van der Waals surface area contributed by atoms with Crippen LogP contribution in [0, 0.1) is 17.8 Å². The number of allylic oxidation sites excluding steroid dienone is 6. The van der Waals surface area contributed by atoms with E-state index in [4.69, 9.17) is 9.47 Å². The molecule has 0 radical (unpaired) electrons. The molecule has 1 saturated heterocycles. The molecule has 0 bridgehead atoms. The number of benzene rings is 1. The minimum Gasteiger partial charge on any atom is -0.502 e. The van der Waals surface area contributed by atoms with Crippen molar-refractivity contribution in [3.8, 4) is 17.2 Å². The first-order valence-corrected chi connectivity index (χ1v) is 10.9. The van der Waals surface area contributed by atoms with Gasteiger partial charge in [0, 0.05) is 22.6 Å². The van der Waals surface area contributed by atoms with Crippen LogP contribution in [0.15, 0.2) is 46.6 Å². The number of amides is 2. The molecule has 34 heavy (non-hydrogen) atoms. The highest BCUT2D eigenvalue weighted by atomic mass is 16.5. The number of imide groups is 1. The number of hydrogen-bond acceptors (Lipinski definition) is 8. The summed E-state index contributed by atoms with van der Waals surface area (Å²) in [6.07, 6.45) is 3.47. The fourth-order valence-corrected chi connectivity index (χ4v) is 5.80. The van der Waals surface area contributed by atoms with E-state index in [1.807, 2.05) is 6.08 Å². The lowest BCUT2D eigenvalue weighted by atomic mass is 9.59. The van der Waals surface area contributed by atoms with E-state index in [2.05, 4.69) is 0 Å². The number of ether oxygens (including phenoxy) is 2. The Morgan fingerprint density at radius 1 is 1.00 bits per heavy atom. The van der Waals surface area contributed by atoms with Crippen LogP contribution in [0.4, 0.5) is 0 Å². The van der Waals surface area contributed by atoms with Gasteiger partial charge in [0.05, 0.1) is 26.1 Å². The molecule has 1 aromatic rings. The van der Waals surface area contributed by atoms with Crippen LogP contribution in [0.1, 0.15) is 31.2 Å². The number of hydroxylamine groups is 2. The van der Waals surface area contributed by atoms with E-state index in [1.54, 1.807) is 19.1 Å². The molecule has 176 valence electrons. The van der Waals surface area contributed by atoms with Crippen LogP contribution >= 0.6 is 0 Å². The van der Waals surface area contributed by atoms with Gasteiger partial charge in [0.1, 0.15) is 0 Å². The van der Waals surface area contributed by atoms with Crippen molar-refractivity contribution in [2.45, 2.75) is 25.7 Å². The summed E-state index contributed by atoms with van der Waals surface area (Å²) < 4.78 is 10.6. The summed E-state index contributed by atoms with van der Waals surface area (Å²) in [5, 5.41) is 20.6. The standard InChI is InChI=1S/C25H23NO8/c1-10-6-16(27)15-9-14-12(4-5-13-20(14)25(31)26(32)24(13)30)19(21(15)22(10)28)11-7-17(33-2)23(29)18(8-11)34-3/h4,6-8,13-14,19-20,29,32H,5,9H2,1-3H3/t13-,14+,19-,20-/m0/s1. The van der Waals surface area contributed by atoms with E-state index in [0.29, 0.717) is 22.3 Å². The average Bonchev–Trinajstić information content (AvgIpc) is 3.05. The first-order chi connectivity index (χ1) is 16.2. The van der Waals surface area contributed by atoms with E-state index in [1.165, 1.54) is 20.3 Å². The van der Waals surface area contributed by atoms with E-state index < -0.39 is 35.5 Å². The topological polar surface area (TPSA) is 130 Å². The molecule has 0 unspecified atom stereocenters. The molecule has 4 aliphatic rings. The smallest absolute Gasteiger partial charge is 0.257 e. The van der Waals surface area contributed by atoms with Crippen molar-refractivity contribution in [2.24, 2.45) is 17.8 Å². The van der Waals surface area contributed by atoms with Gasteiger partial charge in [-0.3, -0.25) is 24.4 Å². The minimum atomic E-state index is -0.829. The van der Waals surface area contributed by atoms with Crippen molar-refractivity contribution in [1.29, 1.82) is 0 Å². The number of phenols is 1. The summed E-state index contributed by atoms with van der Waals surface area (Å²) in [4.78, 5) is 51.7. The van der Waals surface area contributed by atoms with Gasteiger partial charge >= 0.3 is 0 Å². The van der Waals surface area contributed by atoms with E-state index >= 15 is 0 Å². The monoisotopic (exact) mass is 465 g/mol. The number of rotatable bonds is 3. The highest BCUT2D eigenvalue weighted by Crippen LogP contribution is 2.56. The maximum Gasteiger partial charge on any atom is 0.257 e. The van der Waals surface area contributed by atoms with Crippen molar-refractivity contribution < 1.29 is 39.0 Å². The maximum atomic E-state index is 13.3. The van der Waals surface area contributed by atoms with E-state index in [-0.39, 0.29) is 46.7 Å². The first kappa shape index (κ1) is 22.1. The number of carbonyl (C=O) groups excluding carboxylic acids is 4. The fraction of sp³-hybridized carbons (Fsp3) is 0.360. The minimum absolute atomic E-state index is 0.117. The Hall–Kier alpha value is -3.72. The maximum absolute atomic E-state index is 13.3. The highest BCUT2D eigenvalue weighted by molar-refractivity contribution is 6.23. The molecule has 9 heteroatoms. The number of aromatic hydroxyl groups is 1. The zero-order chi connectivity index (χ0) is 24.5. The normalized spacial score (nSPS) is 28.3. The van der Waals surface area contributed by atoms with Crippen molar-refractivity contribution in [1.82, 2.24) is 5.06 Å². The van der Waals surface area contributed by atoms with Gasteiger partial charge in [-0.05, 0) is 49.5 Å². The third kappa shape index (κ3) is 2.89. The van der Waals surface area contributed by atoms with Gasteiger partial charge in [-0.1, -0.05) is 11.6 Å². The number of Topliss-reactive ketones (excluding diaryl/α,β-unsaturated/α-hetero) is 1. The molecule has 1 aliphatic heterocycles. The van der Waals surface area contributed by atoms with Gasteiger partial charge in [-0.25, -0.2) is 0 Å². The zero-order valence-corrected chi connectivity index (χ0v) is 18.8. The Morgan fingerprint density at radius 3 is 2.26 bits per heavy atom. The summed E-state index contributed by atoms with van der Waals surface area (Å²) in [5.41, 5.74) is 2.20. The lowest BCUT2D eigenvalue weighted by Gasteiger charge is -2.42. The molecule has 0 saturated carbocycles. The second-order valence-electron chi connectivity index (χ2n) is 8.99. The molecule has 1 fully saturated rings. The van der Waals surface area contributed by atoms with Gasteiger partial charge in [0.2, 0.25) is 5.75 Å². The number of phenolic OH excluding ortho intramolecular Hbond substituents is 1. The fourth-order valence-electron chi connectivity index (χ4n) is 5.80. The predicted octanol–water partition coefficient (Wildman–Crippen LogP) is 2.23. The second kappa shape index (κ2) is 7.66. The molecule has 2 N–H and O–H groups in total. The molecule has 0 spiro atoms. The molecule has 9 nitrogen and oxygen atoms in total. The lowest BCUT2D eigenvalue weighted by molar-refractivity contribution is -0.173. The van der Waals surface area contributed by atoms with Gasteiger partial charge < -0.3 is 14.6 Å². The molecule has 5 rings (SSSR count). The van der Waals surface area contributed by atoms with E-state index in [0.717, 1.165) is 5.57 Å². The Labute approximate surface area is 194 Å². The molecule has 1 heterocycles. The first-order valence-electron chi connectivity index (χ1n) is 10.9. The van der Waals surface area contributed by atoms with Crippen LogP contribution in [-0.4, -0.2) is 53.0 Å². The molecule has 4 atom stereocenters. The van der Waals surface area contributed by atoms with Gasteiger partial charge in [0.15, 0.2) is 23.1 Å². The number of carbonyl (C=O) groups is 4. The second-order valence-corrected chi connectivity index (χ2v) is 8.99. The van der Waals surface area contributed by atoms with Crippen molar-refractivity contribution in [2.75, 3.05) is 14.2 Å². The van der Waals surface area contributed by atoms with Crippen LogP contribution in [0.25, 0.3) is 0 Å². The summed E-state index contributed by atoms with van der Waals surface area (Å²) in [6, 6.07) is 3.15. The van der Waals surface area contributed by atoms with Gasteiger partial charge in [-0.15, -0.1) is 0 Å². The third-order valence-electron chi connectivity index (χ3n) is 7.38. The van der Waals surface area contributed by atoms with Crippen LogP contribution in [0.3, 0.4) is 0 Å².